The lowest BCUT2D eigenvalue weighted by atomic mass is 9.78. The molecule has 0 radical (unpaired) electrons. The first-order valence-corrected chi connectivity index (χ1v) is 9.83. The average molecular weight is 343 g/mol. The molecule has 1 aromatic rings. The van der Waals surface area contributed by atoms with Crippen molar-refractivity contribution in [3.05, 3.63) is 35.9 Å². The molecular formula is C21H29NO3. The molecule has 0 aromatic heterocycles. The maximum Gasteiger partial charge on any atom is 0.343 e. The van der Waals surface area contributed by atoms with Gasteiger partial charge in [-0.25, -0.2) is 4.79 Å². The van der Waals surface area contributed by atoms with Gasteiger partial charge in [-0.1, -0.05) is 43.2 Å². The summed E-state index contributed by atoms with van der Waals surface area (Å²) >= 11 is 0. The third kappa shape index (κ3) is 2.89. The maximum atomic E-state index is 13.3. The van der Waals surface area contributed by atoms with Crippen LogP contribution < -0.4 is 0 Å². The summed E-state index contributed by atoms with van der Waals surface area (Å²) in [5.41, 5.74) is -0.829. The molecule has 5 rings (SSSR count). The molecule has 3 unspecified atom stereocenters. The van der Waals surface area contributed by atoms with Crippen LogP contribution in [-0.2, 0) is 15.1 Å². The van der Waals surface area contributed by atoms with Crippen LogP contribution in [0.1, 0.15) is 51.0 Å². The molecule has 0 amide bonds. The van der Waals surface area contributed by atoms with Crippen molar-refractivity contribution >= 4 is 5.97 Å². The summed E-state index contributed by atoms with van der Waals surface area (Å²) in [6, 6.07) is 9.66. The SMILES string of the molecule is CC1C(OC(=O)C(O)(c2ccccc2)C2CCCC2)C2CCN1CC2. The Morgan fingerprint density at radius 1 is 1.12 bits per heavy atom. The molecule has 3 heterocycles. The summed E-state index contributed by atoms with van der Waals surface area (Å²) in [5, 5.41) is 11.5. The molecule has 2 bridgehead atoms. The van der Waals surface area contributed by atoms with Crippen molar-refractivity contribution in [2.75, 3.05) is 13.1 Å². The molecule has 1 saturated carbocycles. The zero-order valence-electron chi connectivity index (χ0n) is 15.1. The Balaban J connectivity index is 1.60. The van der Waals surface area contributed by atoms with Gasteiger partial charge in [0.2, 0.25) is 0 Å². The second kappa shape index (κ2) is 6.73. The Labute approximate surface area is 150 Å². The number of piperidine rings is 3. The van der Waals surface area contributed by atoms with Crippen molar-refractivity contribution < 1.29 is 14.6 Å². The van der Waals surface area contributed by atoms with Crippen LogP contribution in [0.5, 0.6) is 0 Å². The lowest BCUT2D eigenvalue weighted by Gasteiger charge is -2.49. The van der Waals surface area contributed by atoms with Gasteiger partial charge in [0.1, 0.15) is 6.10 Å². The van der Waals surface area contributed by atoms with E-state index in [0.717, 1.165) is 51.6 Å². The van der Waals surface area contributed by atoms with E-state index < -0.39 is 11.6 Å². The van der Waals surface area contributed by atoms with Crippen LogP contribution in [0.15, 0.2) is 30.3 Å². The smallest absolute Gasteiger partial charge is 0.343 e. The van der Waals surface area contributed by atoms with Crippen LogP contribution in [0.4, 0.5) is 0 Å². The van der Waals surface area contributed by atoms with E-state index in [4.69, 9.17) is 4.74 Å². The van der Waals surface area contributed by atoms with Crippen molar-refractivity contribution in [3.63, 3.8) is 0 Å². The Bertz CT molecular complexity index is 603. The quantitative estimate of drug-likeness (QED) is 0.854. The summed E-state index contributed by atoms with van der Waals surface area (Å²) in [4.78, 5) is 15.7. The molecule has 3 atom stereocenters. The van der Waals surface area contributed by atoms with Gasteiger partial charge in [0, 0.05) is 12.0 Å². The lowest BCUT2D eigenvalue weighted by molar-refractivity contribution is -0.193. The van der Waals surface area contributed by atoms with E-state index in [9.17, 15) is 9.90 Å². The topological polar surface area (TPSA) is 49.8 Å². The highest BCUT2D eigenvalue weighted by Crippen LogP contribution is 2.43. The molecule has 0 spiro atoms. The Morgan fingerprint density at radius 2 is 1.76 bits per heavy atom. The first-order valence-electron chi connectivity index (χ1n) is 9.83. The number of rotatable bonds is 4. The molecule has 136 valence electrons. The standard InChI is InChI=1S/C21H29NO3/c1-15-19(16-11-13-22(15)14-12-16)25-20(23)21(24,18-9-5-6-10-18)17-7-3-2-4-8-17/h2-4,7-8,15-16,18-19,24H,5-6,9-14H2,1H3. The molecule has 4 heteroatoms. The van der Waals surface area contributed by atoms with Gasteiger partial charge in [0.25, 0.3) is 0 Å². The molecule has 4 aliphatic rings. The monoisotopic (exact) mass is 343 g/mol. The maximum absolute atomic E-state index is 13.3. The summed E-state index contributed by atoms with van der Waals surface area (Å²) in [7, 11) is 0. The molecule has 3 saturated heterocycles. The number of nitrogens with zero attached hydrogens (tertiary/aromatic N) is 1. The molecule has 1 N–H and O–H groups in total. The van der Waals surface area contributed by atoms with Gasteiger partial charge >= 0.3 is 5.97 Å². The van der Waals surface area contributed by atoms with Crippen LogP contribution in [-0.4, -0.2) is 41.2 Å². The normalized spacial score (nSPS) is 34.6. The number of hydrogen-bond donors (Lipinski definition) is 1. The van der Waals surface area contributed by atoms with Gasteiger partial charge in [-0.15, -0.1) is 0 Å². The highest BCUT2D eigenvalue weighted by Gasteiger charge is 2.50. The molecular weight excluding hydrogens is 314 g/mol. The Hall–Kier alpha value is -1.39. The van der Waals surface area contributed by atoms with Crippen molar-refractivity contribution in [3.8, 4) is 0 Å². The van der Waals surface area contributed by atoms with E-state index in [0.29, 0.717) is 11.5 Å². The summed E-state index contributed by atoms with van der Waals surface area (Å²) in [6.07, 6.45) is 6.01. The zero-order chi connectivity index (χ0) is 17.4. The predicted molar refractivity (Wildman–Crippen MR) is 95.9 cm³/mol. The van der Waals surface area contributed by atoms with Crippen LogP contribution in [0.2, 0.25) is 0 Å². The molecule has 1 aromatic carbocycles. The number of carbonyl (C=O) groups is 1. The Morgan fingerprint density at radius 3 is 2.36 bits per heavy atom. The van der Waals surface area contributed by atoms with E-state index >= 15 is 0 Å². The van der Waals surface area contributed by atoms with Crippen molar-refractivity contribution in [1.82, 2.24) is 4.90 Å². The van der Waals surface area contributed by atoms with Crippen LogP contribution in [0.3, 0.4) is 0 Å². The highest BCUT2D eigenvalue weighted by atomic mass is 16.6. The molecule has 1 aliphatic carbocycles. The van der Waals surface area contributed by atoms with Crippen LogP contribution in [0.25, 0.3) is 0 Å². The van der Waals surface area contributed by atoms with Gasteiger partial charge in [0.15, 0.2) is 5.60 Å². The summed E-state index contributed by atoms with van der Waals surface area (Å²) < 4.78 is 6.04. The lowest BCUT2D eigenvalue weighted by Crippen LogP contribution is -2.59. The fourth-order valence-electron chi connectivity index (χ4n) is 5.22. The fraction of sp³-hybridized carbons (Fsp3) is 0.667. The first-order chi connectivity index (χ1) is 12.1. The number of esters is 1. The second-order valence-electron chi connectivity index (χ2n) is 8.10. The fourth-order valence-corrected chi connectivity index (χ4v) is 5.22. The molecule has 4 fully saturated rings. The van der Waals surface area contributed by atoms with E-state index in [1.165, 1.54) is 0 Å². The van der Waals surface area contributed by atoms with Gasteiger partial charge in [-0.2, -0.15) is 0 Å². The van der Waals surface area contributed by atoms with Crippen LogP contribution in [0, 0.1) is 11.8 Å². The Kier molecular flexibility index (Phi) is 4.59. The van der Waals surface area contributed by atoms with Gasteiger partial charge in [-0.3, -0.25) is 4.90 Å². The van der Waals surface area contributed by atoms with Crippen LogP contribution >= 0.6 is 0 Å². The average Bonchev–Trinajstić information content (AvgIpc) is 3.20. The van der Waals surface area contributed by atoms with E-state index in [2.05, 4.69) is 11.8 Å². The van der Waals surface area contributed by atoms with Crippen molar-refractivity contribution in [2.45, 2.75) is 63.2 Å². The number of ether oxygens (including phenoxy) is 1. The minimum Gasteiger partial charge on any atom is -0.458 e. The number of carbonyl (C=O) groups excluding carboxylic acids is 1. The minimum atomic E-state index is -1.51. The molecule has 4 nitrogen and oxygen atoms in total. The molecule has 3 aliphatic heterocycles. The zero-order valence-corrected chi connectivity index (χ0v) is 15.1. The third-order valence-electron chi connectivity index (χ3n) is 6.80. The highest BCUT2D eigenvalue weighted by molar-refractivity contribution is 5.82. The number of fused-ring (bicyclic) bond motifs is 3. The van der Waals surface area contributed by atoms with E-state index in [1.807, 2.05) is 30.3 Å². The van der Waals surface area contributed by atoms with Gasteiger partial charge < -0.3 is 9.84 Å². The van der Waals surface area contributed by atoms with Crippen molar-refractivity contribution in [2.24, 2.45) is 11.8 Å². The van der Waals surface area contributed by atoms with Gasteiger partial charge in [0.05, 0.1) is 0 Å². The summed E-state index contributed by atoms with van der Waals surface area (Å²) in [6.45, 7) is 4.36. The number of aliphatic hydroxyl groups is 1. The van der Waals surface area contributed by atoms with E-state index in [1.54, 1.807) is 0 Å². The first kappa shape index (κ1) is 17.0. The third-order valence-corrected chi connectivity index (χ3v) is 6.80. The van der Waals surface area contributed by atoms with Gasteiger partial charge in [-0.05, 0) is 57.2 Å². The number of benzene rings is 1. The predicted octanol–water partition coefficient (Wildman–Crippen LogP) is 3.09. The number of hydrogen-bond acceptors (Lipinski definition) is 4. The van der Waals surface area contributed by atoms with E-state index in [-0.39, 0.29) is 18.1 Å². The largest absolute Gasteiger partial charge is 0.458 e. The summed E-state index contributed by atoms with van der Waals surface area (Å²) in [5.74, 6) is -0.0393. The molecule has 25 heavy (non-hydrogen) atoms. The second-order valence-corrected chi connectivity index (χ2v) is 8.10. The minimum absolute atomic E-state index is 0.0428. The van der Waals surface area contributed by atoms with Crippen molar-refractivity contribution in [1.29, 1.82) is 0 Å².